The molecule has 0 unspecified atom stereocenters. The quantitative estimate of drug-likeness (QED) is 0.584. The van der Waals surface area contributed by atoms with Gasteiger partial charge in [0, 0.05) is 0 Å². The third-order valence-electron chi connectivity index (χ3n) is 2.55. The van der Waals surface area contributed by atoms with Crippen molar-refractivity contribution in [3.8, 4) is 0 Å². The second-order valence-electron chi connectivity index (χ2n) is 4.01. The van der Waals surface area contributed by atoms with Crippen molar-refractivity contribution in [3.05, 3.63) is 42.3 Å². The van der Waals surface area contributed by atoms with Crippen molar-refractivity contribution in [2.24, 2.45) is 0 Å². The predicted molar refractivity (Wildman–Crippen MR) is 63.3 cm³/mol. The van der Waals surface area contributed by atoms with Crippen LogP contribution in [0.2, 0.25) is 0 Å². The van der Waals surface area contributed by atoms with E-state index in [4.69, 9.17) is 0 Å². The Labute approximate surface area is 88.4 Å². The molecule has 0 aliphatic rings. The van der Waals surface area contributed by atoms with Crippen LogP contribution in [0.5, 0.6) is 0 Å². The van der Waals surface area contributed by atoms with Crippen LogP contribution in [0.4, 0.5) is 0 Å². The number of hydrogen-bond donors (Lipinski definition) is 0. The molecule has 0 nitrogen and oxygen atoms in total. The molecule has 0 saturated carbocycles. The van der Waals surface area contributed by atoms with Crippen LogP contribution in [-0.4, -0.2) is 0 Å². The number of hydrogen-bond acceptors (Lipinski definition) is 0. The minimum atomic E-state index is 1.09. The van der Waals surface area contributed by atoms with Crippen LogP contribution in [-0.2, 0) is 6.42 Å². The first-order valence-corrected chi connectivity index (χ1v) is 5.67. The van der Waals surface area contributed by atoms with Crippen molar-refractivity contribution in [2.45, 2.75) is 45.4 Å². The number of benzene rings is 1. The van der Waals surface area contributed by atoms with Gasteiger partial charge >= 0.3 is 0 Å². The van der Waals surface area contributed by atoms with Gasteiger partial charge < -0.3 is 0 Å². The van der Waals surface area contributed by atoms with Crippen LogP contribution >= 0.6 is 0 Å². The zero-order chi connectivity index (χ0) is 10.2. The monoisotopic (exact) mass is 189 g/mol. The molecule has 0 saturated heterocycles. The SMILES string of the molecule is [CH2]CCCCCCc1cccc(C)c1. The Hall–Kier alpha value is -0.780. The predicted octanol–water partition coefficient (Wildman–Crippen LogP) is 4.32. The van der Waals surface area contributed by atoms with Crippen molar-refractivity contribution in [1.82, 2.24) is 0 Å². The summed E-state index contributed by atoms with van der Waals surface area (Å²) in [6.07, 6.45) is 7.62. The third kappa shape index (κ3) is 4.45. The molecule has 0 atom stereocenters. The second-order valence-corrected chi connectivity index (χ2v) is 4.01. The first-order valence-electron chi connectivity index (χ1n) is 5.67. The van der Waals surface area contributed by atoms with E-state index in [2.05, 4.69) is 38.1 Å². The maximum Gasteiger partial charge on any atom is -0.0279 e. The molecule has 0 N–H and O–H groups in total. The maximum atomic E-state index is 3.85. The molecular formula is C14H21. The van der Waals surface area contributed by atoms with Gasteiger partial charge in [0.15, 0.2) is 0 Å². The van der Waals surface area contributed by atoms with E-state index in [1.54, 1.807) is 0 Å². The summed E-state index contributed by atoms with van der Waals surface area (Å²) in [5, 5.41) is 0. The molecule has 0 heteroatoms. The molecule has 0 spiro atoms. The van der Waals surface area contributed by atoms with Crippen molar-refractivity contribution in [2.75, 3.05) is 0 Å². The van der Waals surface area contributed by atoms with Gasteiger partial charge in [0.2, 0.25) is 0 Å². The van der Waals surface area contributed by atoms with Crippen molar-refractivity contribution >= 4 is 0 Å². The minimum absolute atomic E-state index is 1.09. The van der Waals surface area contributed by atoms with Gasteiger partial charge in [0.1, 0.15) is 0 Å². The van der Waals surface area contributed by atoms with Gasteiger partial charge in [-0.25, -0.2) is 0 Å². The molecule has 1 aromatic carbocycles. The topological polar surface area (TPSA) is 0 Å². The lowest BCUT2D eigenvalue weighted by Crippen LogP contribution is -1.86. The van der Waals surface area contributed by atoms with Crippen LogP contribution in [0.15, 0.2) is 24.3 Å². The lowest BCUT2D eigenvalue weighted by molar-refractivity contribution is 0.645. The van der Waals surface area contributed by atoms with Gasteiger partial charge in [0.25, 0.3) is 0 Å². The summed E-state index contributed by atoms with van der Waals surface area (Å²) >= 11 is 0. The molecular weight excluding hydrogens is 168 g/mol. The second kappa shape index (κ2) is 6.64. The van der Waals surface area contributed by atoms with Gasteiger partial charge in [-0.05, 0) is 25.3 Å². The van der Waals surface area contributed by atoms with Crippen LogP contribution in [0.3, 0.4) is 0 Å². The zero-order valence-electron chi connectivity index (χ0n) is 9.26. The Bertz CT molecular complexity index is 250. The molecule has 0 fully saturated rings. The van der Waals surface area contributed by atoms with Gasteiger partial charge in [-0.1, -0.05) is 62.4 Å². The van der Waals surface area contributed by atoms with Crippen molar-refractivity contribution < 1.29 is 0 Å². The Kier molecular flexibility index (Phi) is 5.36. The Balaban J connectivity index is 2.18. The molecule has 1 aromatic rings. The third-order valence-corrected chi connectivity index (χ3v) is 2.55. The summed E-state index contributed by atoms with van der Waals surface area (Å²) in [7, 11) is 0. The zero-order valence-corrected chi connectivity index (χ0v) is 9.26. The van der Waals surface area contributed by atoms with E-state index < -0.39 is 0 Å². The summed E-state index contributed by atoms with van der Waals surface area (Å²) in [5.41, 5.74) is 2.86. The van der Waals surface area contributed by atoms with Gasteiger partial charge in [-0.3, -0.25) is 0 Å². The summed E-state index contributed by atoms with van der Waals surface area (Å²) in [6.45, 7) is 6.01. The molecule has 0 aliphatic carbocycles. The van der Waals surface area contributed by atoms with Crippen LogP contribution in [0, 0.1) is 13.8 Å². The average Bonchev–Trinajstić information content (AvgIpc) is 2.18. The minimum Gasteiger partial charge on any atom is -0.0617 e. The highest BCUT2D eigenvalue weighted by Gasteiger charge is 1.93. The molecule has 0 aliphatic heterocycles. The lowest BCUT2D eigenvalue weighted by Gasteiger charge is -2.02. The molecule has 14 heavy (non-hydrogen) atoms. The summed E-state index contributed by atoms with van der Waals surface area (Å²) in [6, 6.07) is 8.84. The van der Waals surface area contributed by atoms with E-state index in [-0.39, 0.29) is 0 Å². The number of unbranched alkanes of at least 4 members (excludes halogenated alkanes) is 4. The van der Waals surface area contributed by atoms with Crippen molar-refractivity contribution in [3.63, 3.8) is 0 Å². The first kappa shape index (κ1) is 11.3. The lowest BCUT2D eigenvalue weighted by atomic mass is 10.0. The smallest absolute Gasteiger partial charge is 0.0279 e. The normalized spacial score (nSPS) is 10.4. The summed E-state index contributed by atoms with van der Waals surface area (Å²) in [5.74, 6) is 0. The van der Waals surface area contributed by atoms with Crippen molar-refractivity contribution in [1.29, 1.82) is 0 Å². The highest BCUT2D eigenvalue weighted by molar-refractivity contribution is 5.22. The first-order chi connectivity index (χ1) is 6.83. The van der Waals surface area contributed by atoms with E-state index >= 15 is 0 Å². The average molecular weight is 189 g/mol. The van der Waals surface area contributed by atoms with Crippen LogP contribution < -0.4 is 0 Å². The highest BCUT2D eigenvalue weighted by Crippen LogP contribution is 2.10. The molecule has 77 valence electrons. The van der Waals surface area contributed by atoms with Crippen LogP contribution in [0.25, 0.3) is 0 Å². The van der Waals surface area contributed by atoms with Gasteiger partial charge in [-0.2, -0.15) is 0 Å². The fraction of sp³-hybridized carbons (Fsp3) is 0.500. The molecule has 0 aromatic heterocycles. The standard InChI is InChI=1S/C14H21/c1-3-4-5-6-7-10-14-11-8-9-13(2)12-14/h8-9,11-12H,1,3-7,10H2,2H3. The maximum absolute atomic E-state index is 3.85. The van der Waals surface area contributed by atoms with E-state index in [9.17, 15) is 0 Å². The molecule has 1 radical (unpaired) electrons. The Morgan fingerprint density at radius 2 is 1.86 bits per heavy atom. The van der Waals surface area contributed by atoms with E-state index in [0.717, 1.165) is 6.42 Å². The van der Waals surface area contributed by atoms with E-state index in [1.807, 2.05) is 0 Å². The van der Waals surface area contributed by atoms with Crippen LogP contribution in [0.1, 0.15) is 43.2 Å². The van der Waals surface area contributed by atoms with Gasteiger partial charge in [0.05, 0.1) is 0 Å². The fourth-order valence-electron chi connectivity index (χ4n) is 1.73. The summed E-state index contributed by atoms with van der Waals surface area (Å²) < 4.78 is 0. The Morgan fingerprint density at radius 3 is 2.57 bits per heavy atom. The molecule has 0 heterocycles. The molecule has 1 rings (SSSR count). The number of rotatable bonds is 6. The molecule has 0 bridgehead atoms. The van der Waals surface area contributed by atoms with Gasteiger partial charge in [-0.15, -0.1) is 0 Å². The van der Waals surface area contributed by atoms with E-state index in [1.165, 1.54) is 43.2 Å². The number of aryl methyl sites for hydroxylation is 2. The molecule has 0 amide bonds. The summed E-state index contributed by atoms with van der Waals surface area (Å²) in [4.78, 5) is 0. The largest absolute Gasteiger partial charge is 0.0617 e. The highest BCUT2D eigenvalue weighted by atomic mass is 14.0. The Morgan fingerprint density at radius 1 is 1.07 bits per heavy atom. The van der Waals surface area contributed by atoms with E-state index in [0.29, 0.717) is 0 Å². The fourth-order valence-corrected chi connectivity index (χ4v) is 1.73.